The van der Waals surface area contributed by atoms with Crippen LogP contribution in [0, 0.1) is 0 Å². The summed E-state index contributed by atoms with van der Waals surface area (Å²) in [5, 5.41) is 0. The maximum atomic E-state index is 13.3. The van der Waals surface area contributed by atoms with Crippen molar-refractivity contribution in [3.8, 4) is 11.3 Å². The molecule has 0 atom stereocenters. The Labute approximate surface area is 121 Å². The molecule has 0 bridgehead atoms. The number of piperidine rings is 1. The third-order valence-corrected chi connectivity index (χ3v) is 3.82. The highest BCUT2D eigenvalue weighted by Gasteiger charge is 2.35. The van der Waals surface area contributed by atoms with Gasteiger partial charge in [-0.25, -0.2) is 0 Å². The lowest BCUT2D eigenvalue weighted by Crippen LogP contribution is -2.29. The second-order valence-electron chi connectivity index (χ2n) is 5.25. The number of benzene rings is 1. The van der Waals surface area contributed by atoms with Gasteiger partial charge in [0, 0.05) is 24.3 Å². The Kier molecular flexibility index (Phi) is 3.66. The van der Waals surface area contributed by atoms with Gasteiger partial charge >= 0.3 is 6.18 Å². The number of hydrogen-bond donors (Lipinski definition) is 0. The van der Waals surface area contributed by atoms with E-state index in [1.165, 1.54) is 18.4 Å². The fourth-order valence-corrected chi connectivity index (χ4v) is 2.76. The van der Waals surface area contributed by atoms with Gasteiger partial charge in [0.25, 0.3) is 0 Å². The SMILES string of the molecule is FC(F)(F)c1cc(N2CCCCC2)ccc1-c1ccco1. The Hall–Kier alpha value is -1.91. The molecule has 2 nitrogen and oxygen atoms in total. The third-order valence-electron chi connectivity index (χ3n) is 3.82. The van der Waals surface area contributed by atoms with Crippen LogP contribution in [0.1, 0.15) is 24.8 Å². The number of furan rings is 1. The normalized spacial score (nSPS) is 16.2. The van der Waals surface area contributed by atoms with Crippen molar-refractivity contribution in [3.05, 3.63) is 42.2 Å². The highest BCUT2D eigenvalue weighted by Crippen LogP contribution is 2.39. The van der Waals surface area contributed by atoms with Gasteiger partial charge in [-0.3, -0.25) is 0 Å². The number of hydrogen-bond acceptors (Lipinski definition) is 2. The van der Waals surface area contributed by atoms with Crippen LogP contribution in [0.5, 0.6) is 0 Å². The monoisotopic (exact) mass is 295 g/mol. The van der Waals surface area contributed by atoms with E-state index in [9.17, 15) is 13.2 Å². The van der Waals surface area contributed by atoms with E-state index in [0.29, 0.717) is 5.69 Å². The molecule has 2 aromatic rings. The molecule has 0 saturated carbocycles. The molecule has 1 aromatic carbocycles. The molecule has 0 unspecified atom stereocenters. The first-order chi connectivity index (χ1) is 10.1. The van der Waals surface area contributed by atoms with E-state index in [1.807, 2.05) is 4.90 Å². The van der Waals surface area contributed by atoms with Gasteiger partial charge in [-0.1, -0.05) is 0 Å². The second-order valence-corrected chi connectivity index (χ2v) is 5.25. The maximum absolute atomic E-state index is 13.3. The van der Waals surface area contributed by atoms with Crippen LogP contribution in [-0.4, -0.2) is 13.1 Å². The first kappa shape index (κ1) is 14.0. The van der Waals surface area contributed by atoms with Gasteiger partial charge in [0.05, 0.1) is 11.8 Å². The van der Waals surface area contributed by atoms with Gasteiger partial charge in [0.1, 0.15) is 5.76 Å². The van der Waals surface area contributed by atoms with E-state index in [1.54, 1.807) is 18.2 Å². The van der Waals surface area contributed by atoms with Crippen molar-refractivity contribution < 1.29 is 17.6 Å². The third kappa shape index (κ3) is 2.91. The van der Waals surface area contributed by atoms with Crippen molar-refractivity contribution in [3.63, 3.8) is 0 Å². The molecular weight excluding hydrogens is 279 g/mol. The van der Waals surface area contributed by atoms with E-state index < -0.39 is 11.7 Å². The summed E-state index contributed by atoms with van der Waals surface area (Å²) >= 11 is 0. The van der Waals surface area contributed by atoms with E-state index in [4.69, 9.17) is 4.42 Å². The minimum absolute atomic E-state index is 0.0910. The molecule has 3 rings (SSSR count). The quantitative estimate of drug-likeness (QED) is 0.779. The molecule has 1 aliphatic rings. The minimum Gasteiger partial charge on any atom is -0.464 e. The van der Waals surface area contributed by atoms with Gasteiger partial charge in [0.15, 0.2) is 0 Å². The van der Waals surface area contributed by atoms with Crippen molar-refractivity contribution >= 4 is 5.69 Å². The number of halogens is 3. The molecule has 1 saturated heterocycles. The summed E-state index contributed by atoms with van der Waals surface area (Å²) in [4.78, 5) is 2.02. The van der Waals surface area contributed by atoms with Crippen LogP contribution in [0.3, 0.4) is 0 Å². The summed E-state index contributed by atoms with van der Waals surface area (Å²) in [5.41, 5.74) is 0.0890. The van der Waals surface area contributed by atoms with Crippen LogP contribution in [-0.2, 0) is 6.18 Å². The van der Waals surface area contributed by atoms with Crippen molar-refractivity contribution in [2.45, 2.75) is 25.4 Å². The first-order valence-electron chi connectivity index (χ1n) is 7.06. The number of alkyl halides is 3. The number of anilines is 1. The lowest BCUT2D eigenvalue weighted by atomic mass is 10.0. The Morgan fingerprint density at radius 2 is 1.76 bits per heavy atom. The molecule has 1 aromatic heterocycles. The summed E-state index contributed by atoms with van der Waals surface area (Å²) in [5.74, 6) is 0.243. The van der Waals surface area contributed by atoms with Crippen molar-refractivity contribution in [1.82, 2.24) is 0 Å². The van der Waals surface area contributed by atoms with E-state index in [-0.39, 0.29) is 11.3 Å². The zero-order valence-corrected chi connectivity index (χ0v) is 11.5. The van der Waals surface area contributed by atoms with Crippen LogP contribution in [0.25, 0.3) is 11.3 Å². The Morgan fingerprint density at radius 1 is 1.00 bits per heavy atom. The first-order valence-corrected chi connectivity index (χ1v) is 7.06. The fourth-order valence-electron chi connectivity index (χ4n) is 2.76. The van der Waals surface area contributed by atoms with Crippen LogP contribution < -0.4 is 4.90 Å². The molecule has 0 amide bonds. The molecule has 112 valence electrons. The standard InChI is InChI=1S/C16H16F3NO/c17-16(18,19)14-11-12(20-8-2-1-3-9-20)6-7-13(14)15-5-4-10-21-15/h4-7,10-11H,1-3,8-9H2. The smallest absolute Gasteiger partial charge is 0.417 e. The average Bonchev–Trinajstić information content (AvgIpc) is 3.01. The summed E-state index contributed by atoms with van der Waals surface area (Å²) in [6, 6.07) is 7.63. The lowest BCUT2D eigenvalue weighted by Gasteiger charge is -2.29. The van der Waals surface area contributed by atoms with E-state index >= 15 is 0 Å². The number of rotatable bonds is 2. The molecule has 21 heavy (non-hydrogen) atoms. The Morgan fingerprint density at radius 3 is 2.38 bits per heavy atom. The molecule has 2 heterocycles. The van der Waals surface area contributed by atoms with Crippen LogP contribution in [0.2, 0.25) is 0 Å². The van der Waals surface area contributed by atoms with Gasteiger partial charge in [-0.2, -0.15) is 13.2 Å². The predicted molar refractivity (Wildman–Crippen MR) is 75.2 cm³/mol. The van der Waals surface area contributed by atoms with Crippen LogP contribution in [0.15, 0.2) is 41.0 Å². The van der Waals surface area contributed by atoms with Gasteiger partial charge in [-0.15, -0.1) is 0 Å². The average molecular weight is 295 g/mol. The molecule has 0 aliphatic carbocycles. The summed E-state index contributed by atoms with van der Waals surface area (Å²) in [7, 11) is 0. The van der Waals surface area contributed by atoms with Crippen molar-refractivity contribution in [1.29, 1.82) is 0 Å². The molecule has 5 heteroatoms. The number of nitrogens with zero attached hydrogens (tertiary/aromatic N) is 1. The molecule has 1 aliphatic heterocycles. The van der Waals surface area contributed by atoms with E-state index in [0.717, 1.165) is 32.4 Å². The Bertz CT molecular complexity index is 598. The van der Waals surface area contributed by atoms with Gasteiger partial charge in [0.2, 0.25) is 0 Å². The topological polar surface area (TPSA) is 16.4 Å². The molecule has 1 fully saturated rings. The highest BCUT2D eigenvalue weighted by atomic mass is 19.4. The van der Waals surface area contributed by atoms with E-state index in [2.05, 4.69) is 0 Å². The zero-order valence-electron chi connectivity index (χ0n) is 11.5. The molecular formula is C16H16F3NO. The van der Waals surface area contributed by atoms with Gasteiger partial charge in [-0.05, 0) is 49.6 Å². The Balaban J connectivity index is 2.03. The minimum atomic E-state index is -4.39. The molecule has 0 spiro atoms. The van der Waals surface area contributed by atoms with Crippen molar-refractivity contribution in [2.75, 3.05) is 18.0 Å². The molecule has 0 N–H and O–H groups in total. The maximum Gasteiger partial charge on any atom is 0.417 e. The fraction of sp³-hybridized carbons (Fsp3) is 0.375. The summed E-state index contributed by atoms with van der Waals surface area (Å²) in [6.45, 7) is 1.63. The second kappa shape index (κ2) is 5.47. The lowest BCUT2D eigenvalue weighted by molar-refractivity contribution is -0.137. The molecule has 0 radical (unpaired) electrons. The summed E-state index contributed by atoms with van der Waals surface area (Å²) in [6.07, 6.45) is 0.192. The zero-order chi connectivity index (χ0) is 14.9. The van der Waals surface area contributed by atoms with Crippen LogP contribution in [0.4, 0.5) is 18.9 Å². The van der Waals surface area contributed by atoms with Crippen molar-refractivity contribution in [2.24, 2.45) is 0 Å². The van der Waals surface area contributed by atoms with Gasteiger partial charge < -0.3 is 9.32 Å². The highest BCUT2D eigenvalue weighted by molar-refractivity contribution is 5.67. The predicted octanol–water partition coefficient (Wildman–Crippen LogP) is 4.96. The summed E-state index contributed by atoms with van der Waals surface area (Å²) < 4.78 is 45.1. The largest absolute Gasteiger partial charge is 0.464 e. The van der Waals surface area contributed by atoms with Crippen LogP contribution >= 0.6 is 0 Å².